The van der Waals surface area contributed by atoms with Gasteiger partial charge in [0, 0.05) is 11.1 Å². The maximum Gasteiger partial charge on any atom is 0.140 e. The van der Waals surface area contributed by atoms with Crippen molar-refractivity contribution in [2.45, 2.75) is 4.90 Å². The van der Waals surface area contributed by atoms with E-state index in [4.69, 9.17) is 10.5 Å². The van der Waals surface area contributed by atoms with Gasteiger partial charge in [0.05, 0.1) is 18.2 Å². The van der Waals surface area contributed by atoms with Crippen LogP contribution in [0.25, 0.3) is 11.1 Å². The van der Waals surface area contributed by atoms with Crippen molar-refractivity contribution in [2.75, 3.05) is 19.1 Å². The summed E-state index contributed by atoms with van der Waals surface area (Å²) in [6.07, 6.45) is 3.41. The topological polar surface area (TPSA) is 63.9 Å². The highest BCUT2D eigenvalue weighted by Gasteiger charge is 2.16. The quantitative estimate of drug-likeness (QED) is 0.825. The molecule has 2 aromatic rings. The van der Waals surface area contributed by atoms with Crippen LogP contribution in [0.5, 0.6) is 5.75 Å². The van der Waals surface area contributed by atoms with Crippen molar-refractivity contribution in [1.29, 1.82) is 0 Å². The number of nitrogens with zero attached hydrogens (tertiary/aromatic N) is 1. The monoisotopic (exact) mass is 253 g/mol. The van der Waals surface area contributed by atoms with Crippen LogP contribution in [-0.4, -0.2) is 23.6 Å². The van der Waals surface area contributed by atoms with E-state index in [1.807, 2.05) is 6.26 Å². The van der Waals surface area contributed by atoms with Crippen molar-refractivity contribution in [3.05, 3.63) is 24.1 Å². The van der Waals surface area contributed by atoms with Crippen LogP contribution in [0.3, 0.4) is 0 Å². The zero-order valence-electron chi connectivity index (χ0n) is 9.45. The third kappa shape index (κ3) is 2.08. The number of halogens is 1. The third-order valence-corrected chi connectivity index (χ3v) is 3.15. The van der Waals surface area contributed by atoms with Crippen LogP contribution in [0.15, 0.2) is 23.2 Å². The highest BCUT2D eigenvalue weighted by atomic mass is 32.2. The largest absolute Gasteiger partial charge is 0.495 e. The molecule has 2 rings (SSSR count). The molecule has 1 aromatic carbocycles. The van der Waals surface area contributed by atoms with Crippen LogP contribution >= 0.6 is 11.8 Å². The number of methoxy groups -OCH3 is 1. The number of aromatic nitrogens is 2. The molecule has 0 fully saturated rings. The number of ether oxygens (including phenoxy) is 1. The average molecular weight is 253 g/mol. The molecule has 0 saturated carbocycles. The first-order valence-electron chi connectivity index (χ1n) is 4.88. The number of nitrogens with one attached hydrogen (secondary N) is 1. The molecule has 0 unspecified atom stereocenters. The summed E-state index contributed by atoms with van der Waals surface area (Å²) in [6, 6.07) is 2.82. The Kier molecular flexibility index (Phi) is 3.23. The van der Waals surface area contributed by atoms with Crippen LogP contribution in [-0.2, 0) is 0 Å². The minimum atomic E-state index is -0.328. The van der Waals surface area contributed by atoms with Gasteiger partial charge in [-0.15, -0.1) is 11.8 Å². The number of hydrogen-bond donors (Lipinski definition) is 2. The van der Waals surface area contributed by atoms with E-state index in [9.17, 15) is 4.39 Å². The zero-order valence-corrected chi connectivity index (χ0v) is 10.3. The minimum Gasteiger partial charge on any atom is -0.495 e. The van der Waals surface area contributed by atoms with E-state index in [2.05, 4.69) is 10.2 Å². The number of benzene rings is 1. The van der Waals surface area contributed by atoms with Gasteiger partial charge in [-0.05, 0) is 18.4 Å². The van der Waals surface area contributed by atoms with E-state index >= 15 is 0 Å². The van der Waals surface area contributed by atoms with Crippen LogP contribution in [0.2, 0.25) is 0 Å². The summed E-state index contributed by atoms with van der Waals surface area (Å²) in [5.74, 6) is 0.665. The maximum absolute atomic E-state index is 13.5. The van der Waals surface area contributed by atoms with E-state index in [1.165, 1.54) is 23.9 Å². The van der Waals surface area contributed by atoms with Crippen molar-refractivity contribution in [3.8, 4) is 16.9 Å². The Hall–Kier alpha value is -1.69. The van der Waals surface area contributed by atoms with Gasteiger partial charge in [-0.1, -0.05) is 0 Å². The Morgan fingerprint density at radius 3 is 2.71 bits per heavy atom. The second-order valence-corrected chi connectivity index (χ2v) is 4.23. The lowest BCUT2D eigenvalue weighted by Gasteiger charge is -2.12. The second-order valence-electron chi connectivity index (χ2n) is 3.39. The fourth-order valence-corrected chi connectivity index (χ4v) is 2.25. The molecule has 3 N–H and O–H groups in total. The van der Waals surface area contributed by atoms with Gasteiger partial charge in [-0.3, -0.25) is 5.10 Å². The lowest BCUT2D eigenvalue weighted by atomic mass is 10.1. The molecule has 0 aliphatic carbocycles. The number of hydrogen-bond acceptors (Lipinski definition) is 4. The number of nitrogen functional groups attached to an aromatic ring is 1. The molecule has 4 nitrogen and oxygen atoms in total. The molecule has 17 heavy (non-hydrogen) atoms. The molecule has 1 heterocycles. The van der Waals surface area contributed by atoms with Crippen molar-refractivity contribution in [1.82, 2.24) is 10.2 Å². The van der Waals surface area contributed by atoms with E-state index in [0.29, 0.717) is 22.7 Å². The smallest absolute Gasteiger partial charge is 0.140 e. The fourth-order valence-electron chi connectivity index (χ4n) is 1.64. The van der Waals surface area contributed by atoms with Crippen molar-refractivity contribution >= 4 is 17.6 Å². The number of rotatable bonds is 3. The van der Waals surface area contributed by atoms with Crippen molar-refractivity contribution in [3.63, 3.8) is 0 Å². The Balaban J connectivity index is 2.68. The fraction of sp³-hybridized carbons (Fsp3) is 0.182. The Labute approximate surface area is 102 Å². The number of nitrogens with two attached hydrogens (primary N) is 1. The molecular weight excluding hydrogens is 241 g/mol. The number of H-pyrrole nitrogens is 1. The lowest BCUT2D eigenvalue weighted by molar-refractivity contribution is 0.405. The highest BCUT2D eigenvalue weighted by molar-refractivity contribution is 7.98. The SMILES string of the molecule is COc1c(SC)cc(F)cc1-c1cn[nH]c1N. The molecule has 0 bridgehead atoms. The summed E-state index contributed by atoms with van der Waals surface area (Å²) in [4.78, 5) is 0.725. The maximum atomic E-state index is 13.5. The Bertz CT molecular complexity index is 542. The van der Waals surface area contributed by atoms with Crippen molar-refractivity contribution in [2.24, 2.45) is 0 Å². The normalized spacial score (nSPS) is 10.5. The van der Waals surface area contributed by atoms with Crippen LogP contribution < -0.4 is 10.5 Å². The summed E-state index contributed by atoms with van der Waals surface area (Å²) in [5, 5.41) is 6.44. The Morgan fingerprint density at radius 1 is 1.41 bits per heavy atom. The molecule has 1 aromatic heterocycles. The standard InChI is InChI=1S/C11H12FN3OS/c1-16-10-7(8-5-14-15-11(8)13)3-6(12)4-9(10)17-2/h3-5H,1-2H3,(H3,13,14,15). The summed E-state index contributed by atoms with van der Waals surface area (Å²) in [7, 11) is 1.55. The second kappa shape index (κ2) is 4.67. The molecule has 0 aliphatic heterocycles. The van der Waals surface area contributed by atoms with Gasteiger partial charge in [0.2, 0.25) is 0 Å². The number of thioether (sulfide) groups is 1. The van der Waals surface area contributed by atoms with Gasteiger partial charge in [-0.2, -0.15) is 5.10 Å². The molecule has 6 heteroatoms. The summed E-state index contributed by atoms with van der Waals surface area (Å²) >= 11 is 1.42. The molecule has 0 aliphatic rings. The lowest BCUT2D eigenvalue weighted by Crippen LogP contribution is -1.94. The highest BCUT2D eigenvalue weighted by Crippen LogP contribution is 2.39. The van der Waals surface area contributed by atoms with Gasteiger partial charge < -0.3 is 10.5 Å². The zero-order chi connectivity index (χ0) is 12.4. The molecule has 0 amide bonds. The molecule has 90 valence electrons. The molecule has 0 radical (unpaired) electrons. The number of anilines is 1. The summed E-state index contributed by atoms with van der Waals surface area (Å²) in [6.45, 7) is 0. The first kappa shape index (κ1) is 11.8. The van der Waals surface area contributed by atoms with Gasteiger partial charge in [0.15, 0.2) is 0 Å². The van der Waals surface area contributed by atoms with Crippen molar-refractivity contribution < 1.29 is 9.13 Å². The summed E-state index contributed by atoms with van der Waals surface area (Å²) in [5.41, 5.74) is 6.97. The predicted octanol–water partition coefficient (Wildman–Crippen LogP) is 2.53. The molecule has 0 atom stereocenters. The van der Waals surface area contributed by atoms with Crippen LogP contribution in [0.4, 0.5) is 10.2 Å². The molecular formula is C11H12FN3OS. The molecule has 0 spiro atoms. The third-order valence-electron chi connectivity index (χ3n) is 2.40. The first-order chi connectivity index (χ1) is 8.17. The number of aromatic amines is 1. The van der Waals surface area contributed by atoms with E-state index < -0.39 is 0 Å². The molecule has 0 saturated heterocycles. The Morgan fingerprint density at radius 2 is 2.18 bits per heavy atom. The van der Waals surface area contributed by atoms with Gasteiger partial charge >= 0.3 is 0 Å². The van der Waals surface area contributed by atoms with Gasteiger partial charge in [0.1, 0.15) is 17.4 Å². The van der Waals surface area contributed by atoms with Crippen LogP contribution in [0, 0.1) is 5.82 Å². The average Bonchev–Trinajstić information content (AvgIpc) is 2.74. The van der Waals surface area contributed by atoms with Gasteiger partial charge in [0.25, 0.3) is 0 Å². The van der Waals surface area contributed by atoms with E-state index in [0.717, 1.165) is 4.90 Å². The first-order valence-corrected chi connectivity index (χ1v) is 6.10. The minimum absolute atomic E-state index is 0.328. The van der Waals surface area contributed by atoms with E-state index in [1.54, 1.807) is 13.3 Å². The van der Waals surface area contributed by atoms with Gasteiger partial charge in [-0.25, -0.2) is 4.39 Å². The predicted molar refractivity (Wildman–Crippen MR) is 66.7 cm³/mol. The van der Waals surface area contributed by atoms with E-state index in [-0.39, 0.29) is 5.82 Å². The summed E-state index contributed by atoms with van der Waals surface area (Å²) < 4.78 is 18.8. The van der Waals surface area contributed by atoms with Crippen LogP contribution in [0.1, 0.15) is 0 Å².